The van der Waals surface area contributed by atoms with Crippen molar-refractivity contribution in [1.82, 2.24) is 0 Å². The van der Waals surface area contributed by atoms with Gasteiger partial charge in [-0.3, -0.25) is 4.90 Å². The number of carbonyl (C=O) groups is 1. The fourth-order valence-corrected chi connectivity index (χ4v) is 5.04. The standard InChI is InChI=1S/C23H19N3O3S/c1-2-17-11-13-20(14-12-17)26-23(27)25(16-19-9-7-18(15-24)8-10-19)21-5-3-4-6-22(21)30(26,28)29/h3-14H,2,16H2,1H3. The average Bonchev–Trinajstić information content (AvgIpc) is 2.77. The smallest absolute Gasteiger partial charge is 0.287 e. The molecule has 0 saturated heterocycles. The summed E-state index contributed by atoms with van der Waals surface area (Å²) in [7, 11) is -4.04. The summed E-state index contributed by atoms with van der Waals surface area (Å²) in [4.78, 5) is 14.9. The van der Waals surface area contributed by atoms with E-state index in [1.54, 1.807) is 54.6 Å². The van der Waals surface area contributed by atoms with Crippen LogP contribution >= 0.6 is 0 Å². The number of benzene rings is 3. The van der Waals surface area contributed by atoms with Gasteiger partial charge < -0.3 is 0 Å². The van der Waals surface area contributed by atoms with Gasteiger partial charge in [-0.25, -0.2) is 13.2 Å². The van der Waals surface area contributed by atoms with Crippen LogP contribution in [0.3, 0.4) is 0 Å². The molecule has 0 saturated carbocycles. The molecular formula is C23H19N3O3S. The number of hydrogen-bond acceptors (Lipinski definition) is 4. The lowest BCUT2D eigenvalue weighted by Gasteiger charge is -2.36. The van der Waals surface area contributed by atoms with E-state index >= 15 is 0 Å². The maximum Gasteiger partial charge on any atom is 0.343 e. The SMILES string of the molecule is CCc1ccc(N2C(=O)N(Cc3ccc(C#N)cc3)c3ccccc3S2(=O)=O)cc1. The third-order valence-corrected chi connectivity index (χ3v) is 6.83. The van der Waals surface area contributed by atoms with Crippen LogP contribution in [0, 0.1) is 11.3 Å². The third-order valence-electron chi connectivity index (χ3n) is 5.08. The monoisotopic (exact) mass is 417 g/mol. The second kappa shape index (κ2) is 7.65. The number of amides is 2. The van der Waals surface area contributed by atoms with Crippen LogP contribution in [0.1, 0.15) is 23.6 Å². The molecule has 150 valence electrons. The van der Waals surface area contributed by atoms with Gasteiger partial charge in [-0.15, -0.1) is 0 Å². The molecule has 1 aliphatic heterocycles. The van der Waals surface area contributed by atoms with Crippen molar-refractivity contribution in [3.05, 3.63) is 89.5 Å². The summed E-state index contributed by atoms with van der Waals surface area (Å²) in [5.41, 5.74) is 3.00. The molecule has 7 heteroatoms. The first-order chi connectivity index (χ1) is 14.5. The van der Waals surface area contributed by atoms with Crippen LogP contribution < -0.4 is 9.21 Å². The fourth-order valence-electron chi connectivity index (χ4n) is 3.45. The van der Waals surface area contributed by atoms with E-state index in [1.807, 2.05) is 19.1 Å². The Morgan fingerprint density at radius 2 is 1.53 bits per heavy atom. The average molecular weight is 417 g/mol. The molecule has 0 bridgehead atoms. The van der Waals surface area contributed by atoms with Gasteiger partial charge in [-0.2, -0.15) is 9.57 Å². The second-order valence-corrected chi connectivity index (χ2v) is 8.69. The second-order valence-electron chi connectivity index (χ2n) is 6.93. The number of sulfonamides is 1. The summed E-state index contributed by atoms with van der Waals surface area (Å²) in [5.74, 6) is 0. The molecule has 0 unspecified atom stereocenters. The van der Waals surface area contributed by atoms with Crippen LogP contribution in [0.2, 0.25) is 0 Å². The molecular weight excluding hydrogens is 398 g/mol. The van der Waals surface area contributed by atoms with Crippen LogP contribution in [-0.2, 0) is 23.0 Å². The van der Waals surface area contributed by atoms with E-state index in [4.69, 9.17) is 5.26 Å². The molecule has 0 fully saturated rings. The number of aryl methyl sites for hydroxylation is 1. The molecule has 6 nitrogen and oxygen atoms in total. The summed E-state index contributed by atoms with van der Waals surface area (Å²) in [5, 5.41) is 8.99. The molecule has 4 rings (SSSR count). The lowest BCUT2D eigenvalue weighted by Crippen LogP contribution is -2.50. The molecule has 0 spiro atoms. The Bertz CT molecular complexity index is 1240. The quantitative estimate of drug-likeness (QED) is 0.628. The molecule has 2 amide bonds. The van der Waals surface area contributed by atoms with E-state index in [9.17, 15) is 13.2 Å². The van der Waals surface area contributed by atoms with Crippen molar-refractivity contribution < 1.29 is 13.2 Å². The number of urea groups is 1. The minimum Gasteiger partial charge on any atom is -0.287 e. The van der Waals surface area contributed by atoms with Gasteiger partial charge in [0.15, 0.2) is 0 Å². The lowest BCUT2D eigenvalue weighted by molar-refractivity contribution is 0.253. The Balaban J connectivity index is 1.81. The highest BCUT2D eigenvalue weighted by atomic mass is 32.2. The Hall–Kier alpha value is -3.63. The summed E-state index contributed by atoms with van der Waals surface area (Å²) in [6.07, 6.45) is 0.814. The number of para-hydroxylation sites is 1. The van der Waals surface area contributed by atoms with Crippen LogP contribution in [-0.4, -0.2) is 14.4 Å². The zero-order valence-electron chi connectivity index (χ0n) is 16.3. The Morgan fingerprint density at radius 3 is 2.17 bits per heavy atom. The normalized spacial score (nSPS) is 14.9. The van der Waals surface area contributed by atoms with Gasteiger partial charge in [0.05, 0.1) is 29.6 Å². The topological polar surface area (TPSA) is 81.5 Å². The van der Waals surface area contributed by atoms with E-state index in [-0.39, 0.29) is 11.4 Å². The minimum absolute atomic E-state index is 0.0813. The van der Waals surface area contributed by atoms with Gasteiger partial charge in [-0.05, 0) is 53.9 Å². The summed E-state index contributed by atoms with van der Waals surface area (Å²) < 4.78 is 27.4. The number of anilines is 2. The molecule has 0 radical (unpaired) electrons. The van der Waals surface area contributed by atoms with Gasteiger partial charge in [0.1, 0.15) is 4.90 Å². The van der Waals surface area contributed by atoms with Gasteiger partial charge in [0, 0.05) is 0 Å². The van der Waals surface area contributed by atoms with Crippen molar-refractivity contribution in [2.24, 2.45) is 0 Å². The van der Waals surface area contributed by atoms with E-state index in [2.05, 4.69) is 6.07 Å². The van der Waals surface area contributed by atoms with Gasteiger partial charge in [-0.1, -0.05) is 43.3 Å². The highest BCUT2D eigenvalue weighted by Crippen LogP contribution is 2.37. The molecule has 0 aliphatic carbocycles. The molecule has 1 aliphatic rings. The molecule has 30 heavy (non-hydrogen) atoms. The highest BCUT2D eigenvalue weighted by molar-refractivity contribution is 7.94. The van der Waals surface area contributed by atoms with Crippen molar-refractivity contribution in [3.63, 3.8) is 0 Å². The van der Waals surface area contributed by atoms with Crippen LogP contribution in [0.25, 0.3) is 0 Å². The van der Waals surface area contributed by atoms with Gasteiger partial charge in [0.2, 0.25) is 0 Å². The first-order valence-corrected chi connectivity index (χ1v) is 10.9. The maximum atomic E-state index is 13.4. The molecule has 0 aromatic heterocycles. The van der Waals surface area contributed by atoms with Gasteiger partial charge >= 0.3 is 6.03 Å². The maximum absolute atomic E-state index is 13.4. The van der Waals surface area contributed by atoms with Crippen molar-refractivity contribution in [3.8, 4) is 6.07 Å². The van der Waals surface area contributed by atoms with Crippen LogP contribution in [0.15, 0.2) is 77.7 Å². The zero-order valence-corrected chi connectivity index (χ0v) is 17.1. The number of hydrogen-bond donors (Lipinski definition) is 0. The molecule has 0 atom stereocenters. The zero-order chi connectivity index (χ0) is 21.3. The van der Waals surface area contributed by atoms with Gasteiger partial charge in [0.25, 0.3) is 10.0 Å². The van der Waals surface area contributed by atoms with E-state index in [0.717, 1.165) is 21.9 Å². The van der Waals surface area contributed by atoms with Crippen LogP contribution in [0.5, 0.6) is 0 Å². The van der Waals surface area contributed by atoms with Crippen molar-refractivity contribution >= 4 is 27.4 Å². The summed E-state index contributed by atoms with van der Waals surface area (Å²) in [6.45, 7) is 2.19. The van der Waals surface area contributed by atoms with Crippen LogP contribution in [0.4, 0.5) is 16.2 Å². The van der Waals surface area contributed by atoms with Crippen molar-refractivity contribution in [2.75, 3.05) is 9.21 Å². The number of rotatable bonds is 4. The number of carbonyl (C=O) groups excluding carboxylic acids is 1. The molecule has 0 N–H and O–H groups in total. The van der Waals surface area contributed by atoms with E-state index in [1.165, 1.54) is 11.0 Å². The minimum atomic E-state index is -4.04. The molecule has 3 aromatic carbocycles. The fraction of sp³-hybridized carbons (Fsp3) is 0.130. The first kappa shape index (κ1) is 19.7. The summed E-state index contributed by atoms with van der Waals surface area (Å²) in [6, 6.07) is 21.7. The van der Waals surface area contributed by atoms with Crippen molar-refractivity contribution in [1.29, 1.82) is 5.26 Å². The Kier molecular flexibility index (Phi) is 5.02. The van der Waals surface area contributed by atoms with Crippen molar-refractivity contribution in [2.45, 2.75) is 24.8 Å². The van der Waals surface area contributed by atoms with E-state index in [0.29, 0.717) is 16.9 Å². The Morgan fingerprint density at radius 1 is 0.900 bits per heavy atom. The number of nitriles is 1. The summed E-state index contributed by atoms with van der Waals surface area (Å²) >= 11 is 0. The highest BCUT2D eigenvalue weighted by Gasteiger charge is 2.42. The molecule has 1 heterocycles. The lowest BCUT2D eigenvalue weighted by atomic mass is 10.1. The number of fused-ring (bicyclic) bond motifs is 1. The molecule has 3 aromatic rings. The predicted octanol–water partition coefficient (Wildman–Crippen LogP) is 4.46. The Labute approximate surface area is 175 Å². The van der Waals surface area contributed by atoms with E-state index < -0.39 is 16.1 Å². The largest absolute Gasteiger partial charge is 0.343 e. The predicted molar refractivity (Wildman–Crippen MR) is 115 cm³/mol. The first-order valence-electron chi connectivity index (χ1n) is 9.49. The third kappa shape index (κ3) is 3.31. The number of nitrogens with zero attached hydrogens (tertiary/aromatic N) is 3.